The van der Waals surface area contributed by atoms with Crippen molar-refractivity contribution in [2.75, 3.05) is 13.1 Å². The molecule has 0 aromatic heterocycles. The molecule has 0 radical (unpaired) electrons. The van der Waals surface area contributed by atoms with Crippen molar-refractivity contribution in [2.24, 2.45) is 0 Å². The summed E-state index contributed by atoms with van der Waals surface area (Å²) in [7, 11) is 0. The Balaban J connectivity index is 2.28. The van der Waals surface area contributed by atoms with Crippen LogP contribution in [0.25, 0.3) is 0 Å². The van der Waals surface area contributed by atoms with Crippen LogP contribution in [0.2, 0.25) is 0 Å². The van der Waals surface area contributed by atoms with E-state index in [0.717, 1.165) is 19.4 Å². The number of nitrogens with one attached hydrogen (secondary N) is 1. The van der Waals surface area contributed by atoms with Crippen LogP contribution in [-0.2, 0) is 9.59 Å². The second kappa shape index (κ2) is 6.51. The van der Waals surface area contributed by atoms with E-state index in [1.165, 1.54) is 19.3 Å². The minimum Gasteiger partial charge on any atom is -0.345 e. The van der Waals surface area contributed by atoms with Crippen molar-refractivity contribution >= 4 is 11.8 Å². The molecule has 0 aromatic rings. The van der Waals surface area contributed by atoms with Gasteiger partial charge in [-0.15, -0.1) is 0 Å². The zero-order chi connectivity index (χ0) is 12.0. The third-order valence-corrected chi connectivity index (χ3v) is 3.08. The maximum Gasteiger partial charge on any atom is 0.242 e. The highest BCUT2D eigenvalue weighted by molar-refractivity contribution is 5.94. The number of amides is 2. The Morgan fingerprint density at radius 2 is 1.94 bits per heavy atom. The van der Waals surface area contributed by atoms with Crippen molar-refractivity contribution in [1.82, 2.24) is 10.2 Å². The molecule has 4 heteroatoms. The number of rotatable bonds is 6. The summed E-state index contributed by atoms with van der Waals surface area (Å²) in [6, 6.07) is -0.299. The largest absolute Gasteiger partial charge is 0.345 e. The first-order chi connectivity index (χ1) is 7.66. The molecule has 1 fully saturated rings. The fourth-order valence-electron chi connectivity index (χ4n) is 1.97. The van der Waals surface area contributed by atoms with Crippen molar-refractivity contribution in [2.45, 2.75) is 52.0 Å². The van der Waals surface area contributed by atoms with Crippen molar-refractivity contribution in [3.8, 4) is 0 Å². The molecule has 1 atom stereocenters. The second-order valence-electron chi connectivity index (χ2n) is 4.40. The molecule has 1 heterocycles. The first kappa shape index (κ1) is 13.0. The molecule has 92 valence electrons. The SMILES string of the molecule is CCCCCCCN1C(=O)CNC(=O)C1C. The third-order valence-electron chi connectivity index (χ3n) is 3.08. The molecule has 0 spiro atoms. The lowest BCUT2D eigenvalue weighted by atomic mass is 10.1. The molecule has 0 saturated carbocycles. The average Bonchev–Trinajstić information content (AvgIpc) is 2.28. The van der Waals surface area contributed by atoms with Gasteiger partial charge in [-0.3, -0.25) is 9.59 Å². The molecular weight excluding hydrogens is 204 g/mol. The van der Waals surface area contributed by atoms with E-state index in [9.17, 15) is 9.59 Å². The Morgan fingerprint density at radius 1 is 1.25 bits per heavy atom. The molecule has 0 aliphatic carbocycles. The van der Waals surface area contributed by atoms with E-state index in [2.05, 4.69) is 12.2 Å². The highest BCUT2D eigenvalue weighted by Gasteiger charge is 2.29. The van der Waals surface area contributed by atoms with Gasteiger partial charge in [0.2, 0.25) is 11.8 Å². The van der Waals surface area contributed by atoms with Crippen molar-refractivity contribution in [1.29, 1.82) is 0 Å². The molecule has 4 nitrogen and oxygen atoms in total. The van der Waals surface area contributed by atoms with Gasteiger partial charge in [-0.25, -0.2) is 0 Å². The lowest BCUT2D eigenvalue weighted by molar-refractivity contribution is -0.144. The first-order valence-corrected chi connectivity index (χ1v) is 6.24. The molecule has 0 aromatic carbocycles. The van der Waals surface area contributed by atoms with Crippen LogP contribution in [-0.4, -0.2) is 35.8 Å². The summed E-state index contributed by atoms with van der Waals surface area (Å²) in [5, 5.41) is 2.59. The Labute approximate surface area is 97.4 Å². The summed E-state index contributed by atoms with van der Waals surface area (Å²) in [6.07, 6.45) is 5.85. The van der Waals surface area contributed by atoms with Crippen molar-refractivity contribution in [3.63, 3.8) is 0 Å². The molecule has 1 N–H and O–H groups in total. The maximum atomic E-state index is 11.6. The Bertz CT molecular complexity index is 253. The topological polar surface area (TPSA) is 49.4 Å². The van der Waals surface area contributed by atoms with E-state index >= 15 is 0 Å². The van der Waals surface area contributed by atoms with Crippen LogP contribution in [0.4, 0.5) is 0 Å². The molecule has 1 aliphatic heterocycles. The lowest BCUT2D eigenvalue weighted by Crippen LogP contribution is -2.57. The quantitative estimate of drug-likeness (QED) is 0.694. The van der Waals surface area contributed by atoms with Crippen LogP contribution in [0, 0.1) is 0 Å². The van der Waals surface area contributed by atoms with Crippen LogP contribution in [0.15, 0.2) is 0 Å². The van der Waals surface area contributed by atoms with E-state index in [-0.39, 0.29) is 24.4 Å². The normalized spacial score (nSPS) is 21.1. The van der Waals surface area contributed by atoms with E-state index in [0.29, 0.717) is 0 Å². The summed E-state index contributed by atoms with van der Waals surface area (Å²) in [5.41, 5.74) is 0. The summed E-state index contributed by atoms with van der Waals surface area (Å²) >= 11 is 0. The average molecular weight is 226 g/mol. The Morgan fingerprint density at radius 3 is 2.62 bits per heavy atom. The van der Waals surface area contributed by atoms with E-state index < -0.39 is 0 Å². The second-order valence-corrected chi connectivity index (χ2v) is 4.40. The number of piperazine rings is 1. The smallest absolute Gasteiger partial charge is 0.242 e. The molecule has 16 heavy (non-hydrogen) atoms. The van der Waals surface area contributed by atoms with E-state index in [1.807, 2.05) is 0 Å². The summed E-state index contributed by atoms with van der Waals surface area (Å²) in [6.45, 7) is 4.86. The van der Waals surface area contributed by atoms with Gasteiger partial charge in [0, 0.05) is 6.54 Å². The maximum absolute atomic E-state index is 11.6. The van der Waals surface area contributed by atoms with Gasteiger partial charge in [0.25, 0.3) is 0 Å². The number of carbonyl (C=O) groups excluding carboxylic acids is 2. The molecular formula is C12H22N2O2. The summed E-state index contributed by atoms with van der Waals surface area (Å²) < 4.78 is 0. The number of unbranched alkanes of at least 4 members (excludes halogenated alkanes) is 4. The number of carbonyl (C=O) groups is 2. The van der Waals surface area contributed by atoms with E-state index in [4.69, 9.17) is 0 Å². The minimum absolute atomic E-state index is 0.0341. The monoisotopic (exact) mass is 226 g/mol. The Hall–Kier alpha value is -1.06. The number of hydrogen-bond acceptors (Lipinski definition) is 2. The molecule has 1 aliphatic rings. The van der Waals surface area contributed by atoms with Gasteiger partial charge in [-0.2, -0.15) is 0 Å². The predicted molar refractivity (Wildman–Crippen MR) is 62.9 cm³/mol. The zero-order valence-electron chi connectivity index (χ0n) is 10.3. The van der Waals surface area contributed by atoms with Gasteiger partial charge < -0.3 is 10.2 Å². The van der Waals surface area contributed by atoms with Crippen molar-refractivity contribution in [3.05, 3.63) is 0 Å². The molecule has 2 amide bonds. The van der Waals surface area contributed by atoms with Gasteiger partial charge in [-0.1, -0.05) is 32.6 Å². The molecule has 1 rings (SSSR count). The molecule has 0 bridgehead atoms. The first-order valence-electron chi connectivity index (χ1n) is 6.24. The van der Waals surface area contributed by atoms with Crippen LogP contribution in [0.5, 0.6) is 0 Å². The van der Waals surface area contributed by atoms with Crippen LogP contribution in [0.1, 0.15) is 46.0 Å². The Kier molecular flexibility index (Phi) is 5.29. The fourth-order valence-corrected chi connectivity index (χ4v) is 1.97. The van der Waals surface area contributed by atoms with Gasteiger partial charge in [0.15, 0.2) is 0 Å². The number of hydrogen-bond donors (Lipinski definition) is 1. The molecule has 1 unspecified atom stereocenters. The fraction of sp³-hybridized carbons (Fsp3) is 0.833. The van der Waals surface area contributed by atoms with Crippen LogP contribution >= 0.6 is 0 Å². The van der Waals surface area contributed by atoms with Crippen molar-refractivity contribution < 1.29 is 9.59 Å². The highest BCUT2D eigenvalue weighted by Crippen LogP contribution is 2.09. The number of nitrogens with zero attached hydrogens (tertiary/aromatic N) is 1. The standard InChI is InChI=1S/C12H22N2O2/c1-3-4-5-6-7-8-14-10(2)12(16)13-9-11(14)15/h10H,3-9H2,1-2H3,(H,13,16). The highest BCUT2D eigenvalue weighted by atomic mass is 16.2. The van der Waals surface area contributed by atoms with Gasteiger partial charge in [-0.05, 0) is 13.3 Å². The molecule has 1 saturated heterocycles. The van der Waals surface area contributed by atoms with Crippen LogP contribution in [0.3, 0.4) is 0 Å². The zero-order valence-corrected chi connectivity index (χ0v) is 10.3. The van der Waals surface area contributed by atoms with Gasteiger partial charge in [0.05, 0.1) is 6.54 Å². The summed E-state index contributed by atoms with van der Waals surface area (Å²) in [5.74, 6) is 0.00995. The van der Waals surface area contributed by atoms with Crippen LogP contribution < -0.4 is 5.32 Å². The van der Waals surface area contributed by atoms with E-state index in [1.54, 1.807) is 11.8 Å². The minimum atomic E-state index is -0.299. The summed E-state index contributed by atoms with van der Waals surface area (Å²) in [4.78, 5) is 24.7. The van der Waals surface area contributed by atoms with Gasteiger partial charge in [0.1, 0.15) is 6.04 Å². The predicted octanol–water partition coefficient (Wildman–Crippen LogP) is 1.30. The lowest BCUT2D eigenvalue weighted by Gasteiger charge is -2.32. The third kappa shape index (κ3) is 3.51. The van der Waals surface area contributed by atoms with Gasteiger partial charge >= 0.3 is 0 Å².